The molecule has 4 nitrogen and oxygen atoms in total. The molecule has 0 radical (unpaired) electrons. The van der Waals surface area contributed by atoms with Crippen molar-refractivity contribution >= 4 is 23.1 Å². The second-order valence-electron chi connectivity index (χ2n) is 6.64. The summed E-state index contributed by atoms with van der Waals surface area (Å²) in [5.41, 5.74) is 3.13. The van der Waals surface area contributed by atoms with Crippen molar-refractivity contribution in [2.24, 2.45) is 5.92 Å². The number of likely N-dealkylation sites (tertiary alicyclic amines) is 1. The van der Waals surface area contributed by atoms with Crippen LogP contribution in [0.3, 0.4) is 0 Å². The molecule has 1 aliphatic carbocycles. The normalized spacial score (nSPS) is 23.1. The number of thiazole rings is 1. The van der Waals surface area contributed by atoms with Crippen LogP contribution in [0.2, 0.25) is 0 Å². The fourth-order valence-corrected chi connectivity index (χ4v) is 4.59. The van der Waals surface area contributed by atoms with Crippen LogP contribution in [0.25, 0.3) is 10.6 Å². The summed E-state index contributed by atoms with van der Waals surface area (Å²) in [4.78, 5) is 19.1. The largest absolute Gasteiger partial charge is 0.322 e. The molecule has 1 aliphatic heterocycles. The number of nitrogens with one attached hydrogen (secondary N) is 1. The molecule has 2 atom stereocenters. The van der Waals surface area contributed by atoms with Gasteiger partial charge in [-0.2, -0.15) is 0 Å². The molecule has 2 amide bonds. The van der Waals surface area contributed by atoms with Gasteiger partial charge in [-0.05, 0) is 49.8 Å². The summed E-state index contributed by atoms with van der Waals surface area (Å²) < 4.78 is 0. The van der Waals surface area contributed by atoms with E-state index in [1.165, 1.54) is 24.8 Å². The van der Waals surface area contributed by atoms with Crippen molar-refractivity contribution in [1.29, 1.82) is 0 Å². The molecular formula is C18H21N3OS. The van der Waals surface area contributed by atoms with Crippen LogP contribution >= 0.6 is 11.3 Å². The minimum Gasteiger partial charge on any atom is -0.321 e. The van der Waals surface area contributed by atoms with Crippen LogP contribution in [0, 0.1) is 12.8 Å². The van der Waals surface area contributed by atoms with E-state index in [2.05, 4.69) is 23.3 Å². The Balaban J connectivity index is 1.53. The maximum absolute atomic E-state index is 12.6. The second-order valence-corrected chi connectivity index (χ2v) is 7.53. The number of aryl methyl sites for hydroxylation is 1. The quantitative estimate of drug-likeness (QED) is 0.881. The molecule has 1 aromatic heterocycles. The van der Waals surface area contributed by atoms with Crippen molar-refractivity contribution < 1.29 is 4.79 Å². The standard InChI is InChI=1S/C18H21N3OS/c1-12-5-6-14(10-16(12)17-19-7-8-23-17)20-18(22)21-11-13-3-2-4-15(21)9-13/h5-8,10,13,15H,2-4,9,11H2,1H3,(H,20,22). The summed E-state index contributed by atoms with van der Waals surface area (Å²) in [5.74, 6) is 0.711. The van der Waals surface area contributed by atoms with Crippen LogP contribution in [0.15, 0.2) is 29.8 Å². The predicted octanol–water partition coefficient (Wildman–Crippen LogP) is 4.52. The number of carbonyl (C=O) groups excluding carboxylic acids is 1. The number of nitrogens with zero attached hydrogens (tertiary/aromatic N) is 2. The zero-order chi connectivity index (χ0) is 15.8. The Labute approximate surface area is 140 Å². The van der Waals surface area contributed by atoms with Gasteiger partial charge in [0.25, 0.3) is 0 Å². The zero-order valence-corrected chi connectivity index (χ0v) is 14.1. The van der Waals surface area contributed by atoms with Gasteiger partial charge in [0.1, 0.15) is 5.01 Å². The third-order valence-electron chi connectivity index (χ3n) is 5.06. The van der Waals surface area contributed by atoms with Crippen molar-refractivity contribution in [1.82, 2.24) is 9.88 Å². The Kier molecular flexibility index (Phi) is 3.81. The first-order chi connectivity index (χ1) is 11.2. The van der Waals surface area contributed by atoms with Gasteiger partial charge >= 0.3 is 6.03 Å². The fraction of sp³-hybridized carbons (Fsp3) is 0.444. The maximum atomic E-state index is 12.6. The van der Waals surface area contributed by atoms with E-state index in [0.29, 0.717) is 12.0 Å². The minimum absolute atomic E-state index is 0.0494. The van der Waals surface area contributed by atoms with Crippen LogP contribution in [0.1, 0.15) is 31.2 Å². The van der Waals surface area contributed by atoms with Crippen molar-refractivity contribution in [2.75, 3.05) is 11.9 Å². The summed E-state index contributed by atoms with van der Waals surface area (Å²) in [6, 6.07) is 6.56. The van der Waals surface area contributed by atoms with Gasteiger partial charge in [-0.25, -0.2) is 9.78 Å². The first-order valence-corrected chi connectivity index (χ1v) is 9.17. The molecule has 2 aliphatic rings. The Morgan fingerprint density at radius 1 is 1.39 bits per heavy atom. The number of anilines is 1. The van der Waals surface area contributed by atoms with E-state index in [9.17, 15) is 4.79 Å². The summed E-state index contributed by atoms with van der Waals surface area (Å²) >= 11 is 1.62. The van der Waals surface area contributed by atoms with Crippen molar-refractivity contribution in [2.45, 2.75) is 38.6 Å². The molecule has 120 valence electrons. The van der Waals surface area contributed by atoms with Gasteiger partial charge in [0.05, 0.1) is 0 Å². The molecule has 0 spiro atoms. The van der Waals surface area contributed by atoms with Crippen LogP contribution in [-0.2, 0) is 0 Å². The molecule has 23 heavy (non-hydrogen) atoms. The molecule has 1 aromatic carbocycles. The molecule has 1 saturated heterocycles. The molecule has 2 bridgehead atoms. The number of hydrogen-bond donors (Lipinski definition) is 1. The average Bonchev–Trinajstić information content (AvgIpc) is 3.17. The van der Waals surface area contributed by atoms with Crippen LogP contribution in [0.4, 0.5) is 10.5 Å². The van der Waals surface area contributed by atoms with E-state index in [0.717, 1.165) is 29.2 Å². The summed E-state index contributed by atoms with van der Waals surface area (Å²) in [6.07, 6.45) is 6.69. The van der Waals surface area contributed by atoms with Gasteiger partial charge in [-0.1, -0.05) is 12.5 Å². The Bertz CT molecular complexity index is 713. The SMILES string of the molecule is Cc1ccc(NC(=O)N2CC3CCCC2C3)cc1-c1nccs1. The molecule has 1 saturated carbocycles. The molecular weight excluding hydrogens is 306 g/mol. The number of aromatic nitrogens is 1. The van der Waals surface area contributed by atoms with Gasteiger partial charge in [-0.15, -0.1) is 11.3 Å². The number of carbonyl (C=O) groups is 1. The molecule has 2 fully saturated rings. The molecule has 1 N–H and O–H groups in total. The Morgan fingerprint density at radius 2 is 2.30 bits per heavy atom. The van der Waals surface area contributed by atoms with Crippen LogP contribution in [-0.4, -0.2) is 28.5 Å². The number of fused-ring (bicyclic) bond motifs is 2. The van der Waals surface area contributed by atoms with Crippen LogP contribution in [0.5, 0.6) is 0 Å². The van der Waals surface area contributed by atoms with E-state index >= 15 is 0 Å². The average molecular weight is 327 g/mol. The van der Waals surface area contributed by atoms with Crippen molar-refractivity contribution in [3.8, 4) is 10.6 Å². The zero-order valence-electron chi connectivity index (χ0n) is 13.3. The second kappa shape index (κ2) is 5.96. The summed E-state index contributed by atoms with van der Waals surface area (Å²) in [7, 11) is 0. The number of rotatable bonds is 2. The number of benzene rings is 1. The summed E-state index contributed by atoms with van der Waals surface area (Å²) in [5, 5.41) is 6.06. The molecule has 2 aromatic rings. The van der Waals surface area contributed by atoms with E-state index < -0.39 is 0 Å². The monoisotopic (exact) mass is 327 g/mol. The van der Waals surface area contributed by atoms with Gasteiger partial charge in [0.15, 0.2) is 0 Å². The van der Waals surface area contributed by atoms with Gasteiger partial charge < -0.3 is 10.2 Å². The third-order valence-corrected chi connectivity index (χ3v) is 5.87. The smallest absolute Gasteiger partial charge is 0.321 e. The minimum atomic E-state index is 0.0494. The highest BCUT2D eigenvalue weighted by Crippen LogP contribution is 2.36. The number of hydrogen-bond acceptors (Lipinski definition) is 3. The molecule has 2 unspecified atom stereocenters. The van der Waals surface area contributed by atoms with E-state index in [1.807, 2.05) is 28.6 Å². The molecule has 5 heteroatoms. The predicted molar refractivity (Wildman–Crippen MR) is 93.8 cm³/mol. The Hall–Kier alpha value is -1.88. The van der Waals surface area contributed by atoms with E-state index in [-0.39, 0.29) is 6.03 Å². The lowest BCUT2D eigenvalue weighted by molar-refractivity contribution is 0.204. The molecule has 4 rings (SSSR count). The maximum Gasteiger partial charge on any atom is 0.322 e. The van der Waals surface area contributed by atoms with Gasteiger partial charge in [0.2, 0.25) is 0 Å². The van der Waals surface area contributed by atoms with Crippen molar-refractivity contribution in [3.63, 3.8) is 0 Å². The highest BCUT2D eigenvalue weighted by atomic mass is 32.1. The highest BCUT2D eigenvalue weighted by Gasteiger charge is 2.37. The van der Waals surface area contributed by atoms with Crippen LogP contribution < -0.4 is 5.32 Å². The van der Waals surface area contributed by atoms with E-state index in [1.54, 1.807) is 11.3 Å². The first kappa shape index (κ1) is 14.7. The van der Waals surface area contributed by atoms with Gasteiger partial charge in [-0.3, -0.25) is 0 Å². The van der Waals surface area contributed by atoms with Crippen molar-refractivity contribution in [3.05, 3.63) is 35.3 Å². The number of amides is 2. The lowest BCUT2D eigenvalue weighted by Crippen LogP contribution is -2.38. The Morgan fingerprint density at radius 3 is 3.09 bits per heavy atom. The highest BCUT2D eigenvalue weighted by molar-refractivity contribution is 7.13. The topological polar surface area (TPSA) is 45.2 Å². The molecule has 2 heterocycles. The summed E-state index contributed by atoms with van der Waals surface area (Å²) in [6.45, 7) is 2.99. The first-order valence-electron chi connectivity index (χ1n) is 8.29. The van der Waals surface area contributed by atoms with Gasteiger partial charge in [0, 0.05) is 35.4 Å². The van der Waals surface area contributed by atoms with E-state index in [4.69, 9.17) is 0 Å². The fourth-order valence-electron chi connectivity index (χ4n) is 3.87. The lowest BCUT2D eigenvalue weighted by Gasteiger charge is -2.25. The lowest BCUT2D eigenvalue weighted by atomic mass is 9.91. The number of urea groups is 1. The third kappa shape index (κ3) is 2.85.